The normalized spacial score (nSPS) is 10.8. The van der Waals surface area contributed by atoms with Gasteiger partial charge in [0.05, 0.1) is 11.6 Å². The molecule has 104 valence electrons. The molecule has 0 aliphatic rings. The third-order valence-electron chi connectivity index (χ3n) is 2.61. The number of ether oxygens (including phenoxy) is 1. The lowest BCUT2D eigenvalue weighted by Crippen LogP contribution is -2.09. The summed E-state index contributed by atoms with van der Waals surface area (Å²) in [6.45, 7) is 7.10. The Morgan fingerprint density at radius 2 is 2.16 bits per heavy atom. The van der Waals surface area contributed by atoms with Gasteiger partial charge in [-0.15, -0.1) is 0 Å². The van der Waals surface area contributed by atoms with E-state index in [1.807, 2.05) is 13.8 Å². The number of nitrogens with zero attached hydrogens (tertiary/aromatic N) is 3. The van der Waals surface area contributed by atoms with Gasteiger partial charge in [0.2, 0.25) is 5.95 Å². The topological polar surface area (TPSA) is 87.8 Å². The molecule has 0 saturated carbocycles. The largest absolute Gasteiger partial charge is 0.382 e. The predicted octanol–water partition coefficient (Wildman–Crippen LogP) is 1.62. The second-order valence-corrected chi connectivity index (χ2v) is 4.04. The number of fused-ring (bicyclic) bond motifs is 1. The highest BCUT2D eigenvalue weighted by Gasteiger charge is 2.08. The van der Waals surface area contributed by atoms with Crippen molar-refractivity contribution in [2.24, 2.45) is 0 Å². The summed E-state index contributed by atoms with van der Waals surface area (Å²) >= 11 is 0. The Labute approximate surface area is 112 Å². The summed E-state index contributed by atoms with van der Waals surface area (Å²) in [5.74, 6) is 1.40. The van der Waals surface area contributed by atoms with Crippen molar-refractivity contribution in [2.45, 2.75) is 20.3 Å². The van der Waals surface area contributed by atoms with Gasteiger partial charge in [0.1, 0.15) is 5.82 Å². The van der Waals surface area contributed by atoms with Crippen LogP contribution in [0.25, 0.3) is 11.0 Å². The fourth-order valence-electron chi connectivity index (χ4n) is 1.73. The maximum Gasteiger partial charge on any atom is 0.226 e. The zero-order valence-corrected chi connectivity index (χ0v) is 11.4. The van der Waals surface area contributed by atoms with E-state index in [2.05, 4.69) is 30.8 Å². The Hall–Kier alpha value is -1.89. The van der Waals surface area contributed by atoms with Crippen LogP contribution in [-0.2, 0) is 4.74 Å². The highest BCUT2D eigenvalue weighted by molar-refractivity contribution is 5.86. The molecule has 0 radical (unpaired) electrons. The summed E-state index contributed by atoms with van der Waals surface area (Å²) in [7, 11) is 0. The SMILES string of the molecule is CCNc1nc(NCCCOCC)c2cn[nH]c2n1. The van der Waals surface area contributed by atoms with E-state index in [1.165, 1.54) is 0 Å². The number of hydrogen-bond acceptors (Lipinski definition) is 6. The van der Waals surface area contributed by atoms with Crippen LogP contribution in [0.1, 0.15) is 20.3 Å². The number of hydrogen-bond donors (Lipinski definition) is 3. The maximum atomic E-state index is 5.30. The number of aromatic nitrogens is 4. The van der Waals surface area contributed by atoms with Crippen LogP contribution in [0, 0.1) is 0 Å². The van der Waals surface area contributed by atoms with Crippen molar-refractivity contribution in [1.82, 2.24) is 20.2 Å². The van der Waals surface area contributed by atoms with Crippen LogP contribution in [0.2, 0.25) is 0 Å². The number of aromatic amines is 1. The number of anilines is 2. The van der Waals surface area contributed by atoms with E-state index in [0.717, 1.165) is 49.6 Å². The van der Waals surface area contributed by atoms with Gasteiger partial charge in [-0.2, -0.15) is 15.1 Å². The summed E-state index contributed by atoms with van der Waals surface area (Å²) in [5, 5.41) is 14.2. The molecule has 2 rings (SSSR count). The average Bonchev–Trinajstić information content (AvgIpc) is 2.87. The molecule has 2 aromatic heterocycles. The molecule has 0 aromatic carbocycles. The molecule has 0 fully saturated rings. The van der Waals surface area contributed by atoms with Crippen molar-refractivity contribution in [3.05, 3.63) is 6.20 Å². The minimum absolute atomic E-state index is 0.603. The lowest BCUT2D eigenvalue weighted by molar-refractivity contribution is 0.147. The molecule has 7 nitrogen and oxygen atoms in total. The van der Waals surface area contributed by atoms with E-state index in [4.69, 9.17) is 4.74 Å². The number of H-pyrrole nitrogens is 1. The van der Waals surface area contributed by atoms with Gasteiger partial charge in [0, 0.05) is 26.3 Å². The second-order valence-electron chi connectivity index (χ2n) is 4.04. The monoisotopic (exact) mass is 264 g/mol. The first-order valence-electron chi connectivity index (χ1n) is 6.61. The van der Waals surface area contributed by atoms with Gasteiger partial charge in [-0.3, -0.25) is 5.10 Å². The van der Waals surface area contributed by atoms with Crippen LogP contribution in [0.5, 0.6) is 0 Å². The number of nitrogens with one attached hydrogen (secondary N) is 3. The first kappa shape index (κ1) is 13.5. The second kappa shape index (κ2) is 6.89. The lowest BCUT2D eigenvalue weighted by Gasteiger charge is -2.08. The van der Waals surface area contributed by atoms with E-state index >= 15 is 0 Å². The summed E-state index contributed by atoms with van der Waals surface area (Å²) in [5.41, 5.74) is 0.734. The first-order chi connectivity index (χ1) is 9.35. The van der Waals surface area contributed by atoms with E-state index in [0.29, 0.717) is 5.95 Å². The molecule has 0 aliphatic heterocycles. The van der Waals surface area contributed by atoms with E-state index < -0.39 is 0 Å². The van der Waals surface area contributed by atoms with Gasteiger partial charge in [-0.1, -0.05) is 0 Å². The van der Waals surface area contributed by atoms with Crippen molar-refractivity contribution in [1.29, 1.82) is 0 Å². The van der Waals surface area contributed by atoms with E-state index in [1.54, 1.807) is 6.20 Å². The minimum Gasteiger partial charge on any atom is -0.382 e. The fraction of sp³-hybridized carbons (Fsp3) is 0.583. The highest BCUT2D eigenvalue weighted by atomic mass is 16.5. The molecule has 0 aliphatic carbocycles. The van der Waals surface area contributed by atoms with Gasteiger partial charge in [0.15, 0.2) is 5.65 Å². The van der Waals surface area contributed by atoms with E-state index in [9.17, 15) is 0 Å². The molecule has 0 bridgehead atoms. The average molecular weight is 264 g/mol. The molecule has 3 N–H and O–H groups in total. The van der Waals surface area contributed by atoms with Gasteiger partial charge in [-0.25, -0.2) is 0 Å². The maximum absolute atomic E-state index is 5.30. The van der Waals surface area contributed by atoms with Crippen LogP contribution >= 0.6 is 0 Å². The molecule has 19 heavy (non-hydrogen) atoms. The van der Waals surface area contributed by atoms with Gasteiger partial charge in [-0.05, 0) is 20.3 Å². The van der Waals surface area contributed by atoms with Crippen molar-refractivity contribution in [3.63, 3.8) is 0 Å². The zero-order valence-electron chi connectivity index (χ0n) is 11.4. The summed E-state index contributed by atoms with van der Waals surface area (Å²) in [4.78, 5) is 8.78. The quantitative estimate of drug-likeness (QED) is 0.628. The molecule has 0 amide bonds. The van der Waals surface area contributed by atoms with Crippen LogP contribution in [0.15, 0.2) is 6.20 Å². The smallest absolute Gasteiger partial charge is 0.226 e. The summed E-state index contributed by atoms with van der Waals surface area (Å²) in [6.07, 6.45) is 2.67. The molecule has 0 unspecified atom stereocenters. The van der Waals surface area contributed by atoms with Crippen molar-refractivity contribution < 1.29 is 4.74 Å². The number of rotatable bonds is 8. The Bertz CT molecular complexity index is 512. The molecule has 2 aromatic rings. The van der Waals surface area contributed by atoms with Crippen LogP contribution in [0.3, 0.4) is 0 Å². The Morgan fingerprint density at radius 1 is 1.26 bits per heavy atom. The van der Waals surface area contributed by atoms with Crippen LogP contribution in [-0.4, -0.2) is 46.5 Å². The first-order valence-corrected chi connectivity index (χ1v) is 6.61. The fourth-order valence-corrected chi connectivity index (χ4v) is 1.73. The van der Waals surface area contributed by atoms with Gasteiger partial charge < -0.3 is 15.4 Å². The van der Waals surface area contributed by atoms with Crippen LogP contribution < -0.4 is 10.6 Å². The Kier molecular flexibility index (Phi) is 4.91. The lowest BCUT2D eigenvalue weighted by atomic mass is 10.3. The third kappa shape index (κ3) is 3.54. The predicted molar refractivity (Wildman–Crippen MR) is 75.4 cm³/mol. The standard InChI is InChI=1S/C12H20N6O/c1-3-13-12-16-10(14-6-5-7-19-4-2)9-8-15-18-11(9)17-12/h8H,3-7H2,1-2H3,(H3,13,14,15,16,17,18). The summed E-state index contributed by atoms with van der Waals surface area (Å²) in [6, 6.07) is 0. The third-order valence-corrected chi connectivity index (χ3v) is 2.61. The van der Waals surface area contributed by atoms with Crippen LogP contribution in [0.4, 0.5) is 11.8 Å². The summed E-state index contributed by atoms with van der Waals surface area (Å²) < 4.78 is 5.30. The molecule has 7 heteroatoms. The van der Waals surface area contributed by atoms with Crippen molar-refractivity contribution in [2.75, 3.05) is 36.9 Å². The Balaban J connectivity index is 2.04. The minimum atomic E-state index is 0.603. The zero-order chi connectivity index (χ0) is 13.5. The Morgan fingerprint density at radius 3 is 2.95 bits per heavy atom. The molecule has 0 spiro atoms. The molecular formula is C12H20N6O. The molecule has 2 heterocycles. The molecule has 0 saturated heterocycles. The van der Waals surface area contributed by atoms with E-state index in [-0.39, 0.29) is 0 Å². The van der Waals surface area contributed by atoms with Gasteiger partial charge >= 0.3 is 0 Å². The molecular weight excluding hydrogens is 244 g/mol. The van der Waals surface area contributed by atoms with Gasteiger partial charge in [0.25, 0.3) is 0 Å². The highest BCUT2D eigenvalue weighted by Crippen LogP contribution is 2.19. The molecule has 0 atom stereocenters. The van der Waals surface area contributed by atoms with Crippen molar-refractivity contribution >= 4 is 22.8 Å². The van der Waals surface area contributed by atoms with Crippen molar-refractivity contribution in [3.8, 4) is 0 Å².